The van der Waals surface area contributed by atoms with Gasteiger partial charge in [-0.15, -0.1) is 12.4 Å². The summed E-state index contributed by atoms with van der Waals surface area (Å²) < 4.78 is 0. The number of amides is 1. The number of aryl methyl sites for hydroxylation is 2. The molecule has 0 heterocycles. The van der Waals surface area contributed by atoms with Crippen molar-refractivity contribution in [3.05, 3.63) is 35.4 Å². The van der Waals surface area contributed by atoms with Gasteiger partial charge in [0.2, 0.25) is 5.91 Å². The van der Waals surface area contributed by atoms with Crippen LogP contribution in [0.3, 0.4) is 0 Å². The van der Waals surface area contributed by atoms with Crippen molar-refractivity contribution in [3.63, 3.8) is 0 Å². The van der Waals surface area contributed by atoms with Crippen LogP contribution in [0, 0.1) is 6.92 Å². The van der Waals surface area contributed by atoms with E-state index in [9.17, 15) is 4.79 Å². The van der Waals surface area contributed by atoms with Crippen LogP contribution < -0.4 is 11.1 Å². The third kappa shape index (κ3) is 6.62. The molecule has 0 aliphatic rings. The second-order valence-electron chi connectivity index (χ2n) is 4.54. The topological polar surface area (TPSA) is 55.1 Å². The third-order valence-electron chi connectivity index (χ3n) is 2.75. The highest BCUT2D eigenvalue weighted by Crippen LogP contribution is 2.07. The van der Waals surface area contributed by atoms with Crippen molar-refractivity contribution in [2.24, 2.45) is 5.73 Å². The third-order valence-corrected chi connectivity index (χ3v) is 2.75. The molecule has 0 bridgehead atoms. The first kappa shape index (κ1) is 16.9. The average Bonchev–Trinajstić information content (AvgIpc) is 2.31. The number of carbonyl (C=O) groups is 1. The summed E-state index contributed by atoms with van der Waals surface area (Å²) in [6.45, 7) is 4.48. The Morgan fingerprint density at radius 1 is 1.33 bits per heavy atom. The molecule has 1 atom stereocenters. The molecule has 3 nitrogen and oxygen atoms in total. The van der Waals surface area contributed by atoms with Gasteiger partial charge in [-0.2, -0.15) is 0 Å². The van der Waals surface area contributed by atoms with Crippen LogP contribution in [-0.2, 0) is 11.2 Å². The molecule has 1 rings (SSSR count). The second kappa shape index (κ2) is 8.95. The summed E-state index contributed by atoms with van der Waals surface area (Å²) in [6, 6.07) is 8.52. The minimum absolute atomic E-state index is 0. The van der Waals surface area contributed by atoms with Crippen LogP contribution >= 0.6 is 12.4 Å². The Hall–Kier alpha value is -1.06. The molecule has 1 amide bonds. The lowest BCUT2D eigenvalue weighted by Gasteiger charge is -2.10. The normalized spacial score (nSPS) is 11.5. The van der Waals surface area contributed by atoms with E-state index in [-0.39, 0.29) is 24.4 Å². The molecule has 3 N–H and O–H groups in total. The molecule has 0 saturated carbocycles. The minimum atomic E-state index is 0. The number of hydrogen-bond acceptors (Lipinski definition) is 2. The fourth-order valence-electron chi connectivity index (χ4n) is 1.61. The maximum Gasteiger partial charge on any atom is 0.220 e. The number of hydrogen-bond donors (Lipinski definition) is 2. The van der Waals surface area contributed by atoms with Crippen LogP contribution in [0.1, 0.15) is 30.9 Å². The van der Waals surface area contributed by atoms with Gasteiger partial charge in [0.25, 0.3) is 0 Å². The van der Waals surface area contributed by atoms with Gasteiger partial charge in [0, 0.05) is 19.0 Å². The Morgan fingerprint density at radius 3 is 2.50 bits per heavy atom. The molecule has 0 saturated heterocycles. The molecule has 0 unspecified atom stereocenters. The van der Waals surface area contributed by atoms with Crippen LogP contribution in [0.4, 0.5) is 0 Å². The van der Waals surface area contributed by atoms with Gasteiger partial charge in [0.05, 0.1) is 0 Å². The summed E-state index contributed by atoms with van der Waals surface area (Å²) in [4.78, 5) is 11.5. The Labute approximate surface area is 116 Å². The largest absolute Gasteiger partial charge is 0.352 e. The van der Waals surface area contributed by atoms with Gasteiger partial charge in [-0.1, -0.05) is 29.8 Å². The zero-order valence-electron chi connectivity index (χ0n) is 11.1. The van der Waals surface area contributed by atoms with Crippen molar-refractivity contribution in [1.82, 2.24) is 5.32 Å². The number of halogens is 1. The van der Waals surface area contributed by atoms with Gasteiger partial charge in [-0.25, -0.2) is 0 Å². The molecule has 0 radical (unpaired) electrons. The maximum absolute atomic E-state index is 11.5. The van der Waals surface area contributed by atoms with E-state index in [1.165, 1.54) is 11.1 Å². The first-order valence-corrected chi connectivity index (χ1v) is 6.17. The van der Waals surface area contributed by atoms with E-state index in [4.69, 9.17) is 5.73 Å². The summed E-state index contributed by atoms with van der Waals surface area (Å²) in [7, 11) is 0. The molecule has 1 aromatic carbocycles. The lowest BCUT2D eigenvalue weighted by molar-refractivity contribution is -0.121. The SMILES string of the molecule is Cc1ccc(CCCC(=O)N[C@@H](C)CN)cc1.Cl. The Balaban J connectivity index is 0.00000289. The molecular formula is C14H23ClN2O. The van der Waals surface area contributed by atoms with Gasteiger partial charge in [0.1, 0.15) is 0 Å². The number of nitrogens with two attached hydrogens (primary N) is 1. The Morgan fingerprint density at radius 2 is 1.94 bits per heavy atom. The van der Waals surface area contributed by atoms with E-state index in [0.29, 0.717) is 13.0 Å². The Bertz CT molecular complexity index is 351. The van der Waals surface area contributed by atoms with Crippen molar-refractivity contribution in [2.45, 2.75) is 39.2 Å². The molecule has 0 aliphatic heterocycles. The highest BCUT2D eigenvalue weighted by molar-refractivity contribution is 5.85. The summed E-state index contributed by atoms with van der Waals surface area (Å²) in [5.41, 5.74) is 7.99. The number of nitrogens with one attached hydrogen (secondary N) is 1. The second-order valence-corrected chi connectivity index (χ2v) is 4.54. The van der Waals surface area contributed by atoms with Crippen LogP contribution in [0.25, 0.3) is 0 Å². The van der Waals surface area contributed by atoms with Crippen LogP contribution in [0.5, 0.6) is 0 Å². The van der Waals surface area contributed by atoms with Gasteiger partial charge in [-0.3, -0.25) is 4.79 Å². The van der Waals surface area contributed by atoms with Crippen LogP contribution in [0.15, 0.2) is 24.3 Å². The van der Waals surface area contributed by atoms with Crippen LogP contribution in [0.2, 0.25) is 0 Å². The number of rotatable bonds is 6. The molecule has 1 aromatic rings. The number of benzene rings is 1. The molecule has 18 heavy (non-hydrogen) atoms. The molecular weight excluding hydrogens is 248 g/mol. The van der Waals surface area contributed by atoms with Crippen molar-refractivity contribution >= 4 is 18.3 Å². The highest BCUT2D eigenvalue weighted by atomic mass is 35.5. The molecule has 0 spiro atoms. The summed E-state index contributed by atoms with van der Waals surface area (Å²) in [6.07, 6.45) is 2.40. The van der Waals surface area contributed by atoms with Crippen molar-refractivity contribution in [1.29, 1.82) is 0 Å². The number of carbonyl (C=O) groups excluding carboxylic acids is 1. The fraction of sp³-hybridized carbons (Fsp3) is 0.500. The molecule has 4 heteroatoms. The lowest BCUT2D eigenvalue weighted by Crippen LogP contribution is -2.37. The van der Waals surface area contributed by atoms with Crippen molar-refractivity contribution in [2.75, 3.05) is 6.54 Å². The summed E-state index contributed by atoms with van der Waals surface area (Å²) in [5, 5.41) is 2.86. The van der Waals surface area contributed by atoms with Crippen molar-refractivity contribution in [3.8, 4) is 0 Å². The van der Waals surface area contributed by atoms with Gasteiger partial charge >= 0.3 is 0 Å². The lowest BCUT2D eigenvalue weighted by atomic mass is 10.1. The quantitative estimate of drug-likeness (QED) is 0.833. The molecule has 102 valence electrons. The predicted octanol–water partition coefficient (Wildman–Crippen LogP) is 2.20. The van der Waals surface area contributed by atoms with Gasteiger partial charge in [-0.05, 0) is 32.3 Å². The average molecular weight is 271 g/mol. The van der Waals surface area contributed by atoms with E-state index < -0.39 is 0 Å². The highest BCUT2D eigenvalue weighted by Gasteiger charge is 2.05. The van der Waals surface area contributed by atoms with Gasteiger partial charge < -0.3 is 11.1 Å². The maximum atomic E-state index is 11.5. The van der Waals surface area contributed by atoms with Gasteiger partial charge in [0.15, 0.2) is 0 Å². The summed E-state index contributed by atoms with van der Waals surface area (Å²) >= 11 is 0. The van der Waals surface area contributed by atoms with E-state index in [2.05, 4.69) is 36.5 Å². The standard InChI is InChI=1S/C14H22N2O.ClH/c1-11-6-8-13(9-7-11)4-3-5-14(17)16-12(2)10-15;/h6-9,12H,3-5,10,15H2,1-2H3,(H,16,17);1H/t12-;/m0./s1. The first-order chi connectivity index (χ1) is 8.11. The predicted molar refractivity (Wildman–Crippen MR) is 78.0 cm³/mol. The molecule has 0 fully saturated rings. The van der Waals surface area contributed by atoms with E-state index in [1.54, 1.807) is 0 Å². The fourth-order valence-corrected chi connectivity index (χ4v) is 1.61. The van der Waals surface area contributed by atoms with E-state index in [0.717, 1.165) is 12.8 Å². The molecule has 0 aromatic heterocycles. The first-order valence-electron chi connectivity index (χ1n) is 6.17. The zero-order valence-corrected chi connectivity index (χ0v) is 11.9. The monoisotopic (exact) mass is 270 g/mol. The minimum Gasteiger partial charge on any atom is -0.352 e. The smallest absolute Gasteiger partial charge is 0.220 e. The summed E-state index contributed by atoms with van der Waals surface area (Å²) in [5.74, 6) is 0.0926. The molecule has 0 aliphatic carbocycles. The van der Waals surface area contributed by atoms with Crippen LogP contribution in [-0.4, -0.2) is 18.5 Å². The van der Waals surface area contributed by atoms with E-state index >= 15 is 0 Å². The van der Waals surface area contributed by atoms with E-state index in [1.807, 2.05) is 6.92 Å². The zero-order chi connectivity index (χ0) is 12.7. The Kier molecular flexibility index (Phi) is 8.42. The van der Waals surface area contributed by atoms with Crippen molar-refractivity contribution < 1.29 is 4.79 Å².